The van der Waals surface area contributed by atoms with Gasteiger partial charge in [0.1, 0.15) is 11.4 Å². The van der Waals surface area contributed by atoms with Crippen LogP contribution in [0.5, 0.6) is 5.75 Å². The van der Waals surface area contributed by atoms with Gasteiger partial charge < -0.3 is 14.4 Å². The first-order valence-corrected chi connectivity index (χ1v) is 7.30. The second kappa shape index (κ2) is 5.62. The molecule has 0 aromatic heterocycles. The summed E-state index contributed by atoms with van der Waals surface area (Å²) in [7, 11) is 0. The molecule has 0 spiro atoms. The fourth-order valence-corrected chi connectivity index (χ4v) is 2.71. The van der Waals surface area contributed by atoms with Gasteiger partial charge in [0.25, 0.3) is 0 Å². The summed E-state index contributed by atoms with van der Waals surface area (Å²) in [6, 6.07) is 6.05. The second-order valence-electron chi connectivity index (χ2n) is 6.04. The van der Waals surface area contributed by atoms with Crippen LogP contribution in [0, 0.1) is 0 Å². The maximum atomic E-state index is 12.1. The monoisotopic (exact) mass is 316 g/mol. The van der Waals surface area contributed by atoms with Gasteiger partial charge in [0.2, 0.25) is 0 Å². The number of epoxide rings is 1. The van der Waals surface area contributed by atoms with Crippen LogP contribution in [0.3, 0.4) is 0 Å². The van der Waals surface area contributed by atoms with Crippen LogP contribution in [0.4, 0.5) is 18.9 Å². The Kier molecular flexibility index (Phi) is 3.94. The summed E-state index contributed by atoms with van der Waals surface area (Å²) in [5.41, 5.74) is 0.946. The van der Waals surface area contributed by atoms with Crippen molar-refractivity contribution in [2.75, 3.05) is 44.2 Å². The molecule has 0 saturated carbocycles. The van der Waals surface area contributed by atoms with Crippen LogP contribution in [0.1, 0.15) is 6.92 Å². The Bertz CT molecular complexity index is 507. The van der Waals surface area contributed by atoms with Crippen LogP contribution < -0.4 is 9.64 Å². The number of nitrogens with zero attached hydrogens (tertiary/aromatic N) is 2. The highest BCUT2D eigenvalue weighted by molar-refractivity contribution is 5.49. The summed E-state index contributed by atoms with van der Waals surface area (Å²) >= 11 is 0. The Balaban J connectivity index is 1.52. The third kappa shape index (κ3) is 4.04. The molecular weight excluding hydrogens is 297 g/mol. The Morgan fingerprint density at radius 3 is 2.23 bits per heavy atom. The second-order valence-corrected chi connectivity index (χ2v) is 6.04. The van der Waals surface area contributed by atoms with E-state index in [1.54, 1.807) is 12.1 Å². The van der Waals surface area contributed by atoms with Crippen molar-refractivity contribution < 1.29 is 22.6 Å². The normalized spacial score (nSPS) is 26.1. The lowest BCUT2D eigenvalue weighted by molar-refractivity contribution is -0.274. The molecule has 1 atom stereocenters. The number of halogens is 3. The number of ether oxygens (including phenoxy) is 2. The minimum Gasteiger partial charge on any atom is -0.406 e. The predicted molar refractivity (Wildman–Crippen MR) is 76.1 cm³/mol. The summed E-state index contributed by atoms with van der Waals surface area (Å²) < 4.78 is 45.7. The zero-order valence-electron chi connectivity index (χ0n) is 12.4. The van der Waals surface area contributed by atoms with E-state index < -0.39 is 6.36 Å². The lowest BCUT2D eigenvalue weighted by atomic mass is 10.1. The van der Waals surface area contributed by atoms with E-state index in [2.05, 4.69) is 21.5 Å². The Morgan fingerprint density at radius 1 is 1.14 bits per heavy atom. The number of hydrogen-bond donors (Lipinski definition) is 0. The van der Waals surface area contributed by atoms with Crippen LogP contribution in [-0.4, -0.2) is 56.2 Å². The fraction of sp³-hybridized carbons (Fsp3) is 0.600. The van der Waals surface area contributed by atoms with Gasteiger partial charge in [0.15, 0.2) is 0 Å². The molecule has 1 unspecified atom stereocenters. The third-order valence-electron chi connectivity index (χ3n) is 4.00. The number of hydrogen-bond acceptors (Lipinski definition) is 4. The Labute approximate surface area is 127 Å². The van der Waals surface area contributed by atoms with E-state index in [0.717, 1.165) is 45.0 Å². The van der Waals surface area contributed by atoms with Crippen molar-refractivity contribution in [2.24, 2.45) is 0 Å². The molecule has 0 bridgehead atoms. The summed E-state index contributed by atoms with van der Waals surface area (Å²) in [6.07, 6.45) is -4.64. The molecule has 1 aromatic carbocycles. The molecule has 0 aliphatic carbocycles. The molecule has 0 amide bonds. The standard InChI is InChI=1S/C15H19F3N2O2/c1-14(11-21-14)10-19-6-8-20(9-7-19)12-2-4-13(5-3-12)22-15(16,17)18/h2-5H,6-11H2,1H3. The van der Waals surface area contributed by atoms with Crippen molar-refractivity contribution in [1.29, 1.82) is 0 Å². The van der Waals surface area contributed by atoms with Crippen molar-refractivity contribution in [1.82, 2.24) is 4.90 Å². The predicted octanol–water partition coefficient (Wildman–Crippen LogP) is 2.50. The fourth-order valence-electron chi connectivity index (χ4n) is 2.71. The van der Waals surface area contributed by atoms with Crippen molar-refractivity contribution in [3.8, 4) is 5.75 Å². The van der Waals surface area contributed by atoms with Crippen molar-refractivity contribution in [3.63, 3.8) is 0 Å². The first-order valence-electron chi connectivity index (χ1n) is 7.30. The van der Waals surface area contributed by atoms with Gasteiger partial charge in [0, 0.05) is 38.4 Å². The summed E-state index contributed by atoms with van der Waals surface area (Å²) in [5.74, 6) is -0.186. The highest BCUT2D eigenvalue weighted by Crippen LogP contribution is 2.28. The number of anilines is 1. The largest absolute Gasteiger partial charge is 0.573 e. The van der Waals surface area contributed by atoms with E-state index >= 15 is 0 Å². The molecule has 0 radical (unpaired) electrons. The molecule has 2 aliphatic rings. The molecule has 2 saturated heterocycles. The van der Waals surface area contributed by atoms with Crippen LogP contribution in [-0.2, 0) is 4.74 Å². The average molecular weight is 316 g/mol. The van der Waals surface area contributed by atoms with Gasteiger partial charge in [-0.25, -0.2) is 0 Å². The van der Waals surface area contributed by atoms with Crippen LogP contribution >= 0.6 is 0 Å². The molecule has 1 aromatic rings. The smallest absolute Gasteiger partial charge is 0.406 e. The third-order valence-corrected chi connectivity index (χ3v) is 4.00. The number of rotatable bonds is 4. The first kappa shape index (κ1) is 15.4. The maximum Gasteiger partial charge on any atom is 0.573 e. The van der Waals surface area contributed by atoms with E-state index in [0.29, 0.717) is 0 Å². The van der Waals surface area contributed by atoms with Crippen LogP contribution in [0.25, 0.3) is 0 Å². The van der Waals surface area contributed by atoms with Crippen LogP contribution in [0.2, 0.25) is 0 Å². The van der Waals surface area contributed by atoms with E-state index in [4.69, 9.17) is 4.74 Å². The minimum absolute atomic E-state index is 0.0265. The van der Waals surface area contributed by atoms with E-state index in [-0.39, 0.29) is 11.4 Å². The number of benzene rings is 1. The number of piperazine rings is 1. The summed E-state index contributed by atoms with van der Waals surface area (Å²) in [6.45, 7) is 7.45. The van der Waals surface area contributed by atoms with Gasteiger partial charge in [-0.15, -0.1) is 13.2 Å². The summed E-state index contributed by atoms with van der Waals surface area (Å²) in [5, 5.41) is 0. The topological polar surface area (TPSA) is 28.2 Å². The molecule has 0 N–H and O–H groups in total. The van der Waals surface area contributed by atoms with Gasteiger partial charge in [-0.3, -0.25) is 4.90 Å². The van der Waals surface area contributed by atoms with Gasteiger partial charge in [-0.05, 0) is 31.2 Å². The molecule has 2 heterocycles. The van der Waals surface area contributed by atoms with Crippen LogP contribution in [0.15, 0.2) is 24.3 Å². The highest BCUT2D eigenvalue weighted by atomic mass is 19.4. The van der Waals surface area contributed by atoms with E-state index in [9.17, 15) is 13.2 Å². The molecule has 122 valence electrons. The van der Waals surface area contributed by atoms with Gasteiger partial charge >= 0.3 is 6.36 Å². The van der Waals surface area contributed by atoms with Gasteiger partial charge in [0.05, 0.1) is 6.61 Å². The average Bonchev–Trinajstić information content (AvgIpc) is 3.16. The van der Waals surface area contributed by atoms with E-state index in [1.165, 1.54) is 12.1 Å². The van der Waals surface area contributed by atoms with Crippen molar-refractivity contribution in [2.45, 2.75) is 18.9 Å². The highest BCUT2D eigenvalue weighted by Gasteiger charge is 2.41. The lowest BCUT2D eigenvalue weighted by Crippen LogP contribution is -2.48. The molecule has 3 rings (SSSR count). The minimum atomic E-state index is -4.64. The first-order chi connectivity index (χ1) is 10.3. The quantitative estimate of drug-likeness (QED) is 0.798. The SMILES string of the molecule is CC1(CN2CCN(c3ccc(OC(F)(F)F)cc3)CC2)CO1. The van der Waals surface area contributed by atoms with E-state index in [1.807, 2.05) is 0 Å². The number of alkyl halides is 3. The summed E-state index contributed by atoms with van der Waals surface area (Å²) in [4.78, 5) is 4.54. The maximum absolute atomic E-state index is 12.1. The Hall–Kier alpha value is -1.47. The zero-order chi connectivity index (χ0) is 15.8. The molecule has 22 heavy (non-hydrogen) atoms. The van der Waals surface area contributed by atoms with Gasteiger partial charge in [-0.2, -0.15) is 0 Å². The molecule has 7 heteroatoms. The Morgan fingerprint density at radius 2 is 1.73 bits per heavy atom. The molecule has 2 fully saturated rings. The lowest BCUT2D eigenvalue weighted by Gasteiger charge is -2.36. The van der Waals surface area contributed by atoms with Crippen molar-refractivity contribution >= 4 is 5.69 Å². The van der Waals surface area contributed by atoms with Gasteiger partial charge in [-0.1, -0.05) is 0 Å². The zero-order valence-corrected chi connectivity index (χ0v) is 12.4. The molecule has 2 aliphatic heterocycles. The molecule has 4 nitrogen and oxygen atoms in total. The van der Waals surface area contributed by atoms with Crippen molar-refractivity contribution in [3.05, 3.63) is 24.3 Å². The molecular formula is C15H19F3N2O2.